The van der Waals surface area contributed by atoms with Gasteiger partial charge in [0.15, 0.2) is 11.9 Å². The number of nitrogens with zero attached hydrogens (tertiary/aromatic N) is 4. The van der Waals surface area contributed by atoms with Crippen molar-refractivity contribution in [2.75, 3.05) is 7.11 Å². The summed E-state index contributed by atoms with van der Waals surface area (Å²) in [5.41, 5.74) is 0.991. The number of carbonyl (C=O) groups is 1. The molecule has 22 heavy (non-hydrogen) atoms. The topological polar surface area (TPSA) is 90.1 Å². The summed E-state index contributed by atoms with van der Waals surface area (Å²) in [4.78, 5) is 11.6. The molecule has 0 aliphatic carbocycles. The van der Waals surface area contributed by atoms with Gasteiger partial charge in [0.25, 0.3) is 0 Å². The van der Waals surface area contributed by atoms with Crippen LogP contribution in [0.15, 0.2) is 24.3 Å². The normalized spacial score (nSPS) is 13.6. The molecule has 2 aromatic rings. The highest BCUT2D eigenvalue weighted by atomic mass is 16.5. The maximum atomic E-state index is 11.6. The number of rotatable bonds is 7. The fourth-order valence-electron chi connectivity index (χ4n) is 2.28. The monoisotopic (exact) mass is 304 g/mol. The SMILES string of the molecule is CCC(C)C(C(=O)O)n1nnnc1Cc1ccc(OC)cc1. The van der Waals surface area contributed by atoms with E-state index in [0.717, 1.165) is 17.7 Å². The highest BCUT2D eigenvalue weighted by Crippen LogP contribution is 2.22. The molecule has 0 fully saturated rings. The van der Waals surface area contributed by atoms with Crippen molar-refractivity contribution < 1.29 is 14.6 Å². The zero-order valence-electron chi connectivity index (χ0n) is 12.9. The highest BCUT2D eigenvalue weighted by Gasteiger charge is 2.29. The third-order valence-corrected chi connectivity index (χ3v) is 3.78. The van der Waals surface area contributed by atoms with Crippen LogP contribution >= 0.6 is 0 Å². The van der Waals surface area contributed by atoms with Crippen LogP contribution < -0.4 is 4.74 Å². The molecule has 1 aromatic heterocycles. The molecule has 0 radical (unpaired) electrons. The lowest BCUT2D eigenvalue weighted by atomic mass is 9.99. The van der Waals surface area contributed by atoms with Gasteiger partial charge in [0.2, 0.25) is 0 Å². The summed E-state index contributed by atoms with van der Waals surface area (Å²) in [6, 6.07) is 6.78. The Balaban J connectivity index is 2.25. The van der Waals surface area contributed by atoms with E-state index in [1.807, 2.05) is 38.1 Å². The van der Waals surface area contributed by atoms with Gasteiger partial charge in [-0.1, -0.05) is 32.4 Å². The summed E-state index contributed by atoms with van der Waals surface area (Å²) in [7, 11) is 1.61. The number of tetrazole rings is 1. The van der Waals surface area contributed by atoms with Crippen LogP contribution in [0.4, 0.5) is 0 Å². The van der Waals surface area contributed by atoms with Crippen molar-refractivity contribution in [2.24, 2.45) is 5.92 Å². The number of ether oxygens (including phenoxy) is 1. The minimum Gasteiger partial charge on any atom is -0.497 e. The molecule has 2 rings (SSSR count). The zero-order valence-corrected chi connectivity index (χ0v) is 12.9. The summed E-state index contributed by atoms with van der Waals surface area (Å²) >= 11 is 0. The van der Waals surface area contributed by atoms with Crippen molar-refractivity contribution >= 4 is 5.97 Å². The van der Waals surface area contributed by atoms with Crippen LogP contribution in [0.25, 0.3) is 0 Å². The lowest BCUT2D eigenvalue weighted by molar-refractivity contribution is -0.143. The van der Waals surface area contributed by atoms with E-state index in [-0.39, 0.29) is 5.92 Å². The van der Waals surface area contributed by atoms with Gasteiger partial charge >= 0.3 is 5.97 Å². The maximum Gasteiger partial charge on any atom is 0.328 e. The van der Waals surface area contributed by atoms with E-state index in [1.165, 1.54) is 4.68 Å². The Hall–Kier alpha value is -2.44. The summed E-state index contributed by atoms with van der Waals surface area (Å²) in [5, 5.41) is 21.0. The molecule has 2 atom stereocenters. The van der Waals surface area contributed by atoms with Crippen molar-refractivity contribution in [1.82, 2.24) is 20.2 Å². The maximum absolute atomic E-state index is 11.6. The molecule has 0 saturated heterocycles. The van der Waals surface area contributed by atoms with Crippen LogP contribution in [0.1, 0.15) is 37.7 Å². The number of aromatic nitrogens is 4. The summed E-state index contributed by atoms with van der Waals surface area (Å²) < 4.78 is 6.54. The second-order valence-electron chi connectivity index (χ2n) is 5.23. The van der Waals surface area contributed by atoms with Crippen LogP contribution in [0.3, 0.4) is 0 Å². The molecule has 2 unspecified atom stereocenters. The molecule has 7 nitrogen and oxygen atoms in total. The second kappa shape index (κ2) is 7.02. The van der Waals surface area contributed by atoms with E-state index >= 15 is 0 Å². The van der Waals surface area contributed by atoms with Crippen molar-refractivity contribution in [2.45, 2.75) is 32.7 Å². The van der Waals surface area contributed by atoms with Gasteiger partial charge in [-0.25, -0.2) is 9.48 Å². The molecular weight excluding hydrogens is 284 g/mol. The Bertz CT molecular complexity index is 624. The first kappa shape index (κ1) is 15.9. The quantitative estimate of drug-likeness (QED) is 0.840. The van der Waals surface area contributed by atoms with Crippen LogP contribution in [-0.2, 0) is 11.2 Å². The van der Waals surface area contributed by atoms with Crippen LogP contribution in [0.2, 0.25) is 0 Å². The molecule has 118 valence electrons. The van der Waals surface area contributed by atoms with Gasteiger partial charge in [-0.2, -0.15) is 0 Å². The molecule has 1 aromatic carbocycles. The molecular formula is C15H20N4O3. The Morgan fingerprint density at radius 2 is 2.05 bits per heavy atom. The Morgan fingerprint density at radius 3 is 2.59 bits per heavy atom. The van der Waals surface area contributed by atoms with E-state index < -0.39 is 12.0 Å². The van der Waals surface area contributed by atoms with Crippen LogP contribution in [0.5, 0.6) is 5.75 Å². The molecule has 0 saturated carbocycles. The number of carboxylic acid groups (broad SMARTS) is 1. The molecule has 0 amide bonds. The highest BCUT2D eigenvalue weighted by molar-refractivity contribution is 5.72. The van der Waals surface area contributed by atoms with Gasteiger partial charge in [0, 0.05) is 6.42 Å². The average Bonchev–Trinajstić information content (AvgIpc) is 2.95. The number of methoxy groups -OCH3 is 1. The molecule has 0 spiro atoms. The number of carboxylic acids is 1. The first-order valence-corrected chi connectivity index (χ1v) is 7.19. The van der Waals surface area contributed by atoms with Gasteiger partial charge < -0.3 is 9.84 Å². The first-order valence-electron chi connectivity index (χ1n) is 7.19. The van der Waals surface area contributed by atoms with Gasteiger partial charge in [-0.15, -0.1) is 5.10 Å². The third-order valence-electron chi connectivity index (χ3n) is 3.78. The minimum absolute atomic E-state index is 0.0596. The first-order chi connectivity index (χ1) is 10.6. The number of hydrogen-bond acceptors (Lipinski definition) is 5. The van der Waals surface area contributed by atoms with Crippen molar-refractivity contribution in [3.63, 3.8) is 0 Å². The smallest absolute Gasteiger partial charge is 0.328 e. The zero-order chi connectivity index (χ0) is 16.1. The number of aliphatic carboxylic acids is 1. The van der Waals surface area contributed by atoms with Crippen molar-refractivity contribution in [1.29, 1.82) is 0 Å². The third kappa shape index (κ3) is 3.41. The average molecular weight is 304 g/mol. The summed E-state index contributed by atoms with van der Waals surface area (Å²) in [6.45, 7) is 3.84. The van der Waals surface area contributed by atoms with Crippen molar-refractivity contribution in [3.05, 3.63) is 35.7 Å². The fourth-order valence-corrected chi connectivity index (χ4v) is 2.28. The van der Waals surface area contributed by atoms with Gasteiger partial charge in [-0.05, 0) is 34.0 Å². The number of hydrogen-bond donors (Lipinski definition) is 1. The van der Waals surface area contributed by atoms with Crippen LogP contribution in [-0.4, -0.2) is 38.4 Å². The summed E-state index contributed by atoms with van der Waals surface area (Å²) in [5.74, 6) is 0.331. The van der Waals surface area contributed by atoms with Crippen LogP contribution in [0, 0.1) is 5.92 Å². The molecule has 0 bridgehead atoms. The largest absolute Gasteiger partial charge is 0.497 e. The molecule has 7 heteroatoms. The van der Waals surface area contributed by atoms with Gasteiger partial charge in [0.1, 0.15) is 5.75 Å². The summed E-state index contributed by atoms with van der Waals surface area (Å²) in [6.07, 6.45) is 1.20. The van der Waals surface area contributed by atoms with E-state index in [4.69, 9.17) is 4.74 Å². The molecule has 1 heterocycles. The Labute approximate surface area is 128 Å². The Morgan fingerprint density at radius 1 is 1.36 bits per heavy atom. The predicted octanol–water partition coefficient (Wildman–Crippen LogP) is 1.94. The lowest BCUT2D eigenvalue weighted by Crippen LogP contribution is -2.28. The second-order valence-corrected chi connectivity index (χ2v) is 5.23. The molecule has 0 aliphatic heterocycles. The lowest BCUT2D eigenvalue weighted by Gasteiger charge is -2.19. The molecule has 1 N–H and O–H groups in total. The van der Waals surface area contributed by atoms with E-state index in [1.54, 1.807) is 7.11 Å². The van der Waals surface area contributed by atoms with Gasteiger partial charge in [-0.3, -0.25) is 0 Å². The Kier molecular flexibility index (Phi) is 5.08. The van der Waals surface area contributed by atoms with Gasteiger partial charge in [0.05, 0.1) is 7.11 Å². The van der Waals surface area contributed by atoms with E-state index in [0.29, 0.717) is 12.2 Å². The van der Waals surface area contributed by atoms with E-state index in [2.05, 4.69) is 15.5 Å². The minimum atomic E-state index is -0.919. The predicted molar refractivity (Wildman–Crippen MR) is 79.7 cm³/mol. The standard InChI is InChI=1S/C15H20N4O3/c1-4-10(2)14(15(20)21)19-13(16-17-18-19)9-11-5-7-12(22-3)8-6-11/h5-8,10,14H,4,9H2,1-3H3,(H,20,21). The fraction of sp³-hybridized carbons (Fsp3) is 0.467. The van der Waals surface area contributed by atoms with Crippen molar-refractivity contribution in [3.8, 4) is 5.75 Å². The number of benzene rings is 1. The molecule has 0 aliphatic rings. The van der Waals surface area contributed by atoms with E-state index in [9.17, 15) is 9.90 Å².